The zero-order chi connectivity index (χ0) is 13.8. The van der Waals surface area contributed by atoms with Crippen LogP contribution in [0.2, 0.25) is 0 Å². The first-order valence-corrected chi connectivity index (χ1v) is 7.45. The Labute approximate surface area is 118 Å². The van der Waals surface area contributed by atoms with Crippen molar-refractivity contribution in [3.8, 4) is 0 Å². The van der Waals surface area contributed by atoms with E-state index in [0.29, 0.717) is 5.92 Å². The van der Waals surface area contributed by atoms with Crippen LogP contribution in [0.5, 0.6) is 0 Å². The van der Waals surface area contributed by atoms with E-state index in [1.54, 1.807) is 0 Å². The Kier molecular flexibility index (Phi) is 4.66. The zero-order valence-corrected chi connectivity index (χ0v) is 12.7. The minimum atomic E-state index is 0.0809. The number of aromatic nitrogens is 4. The molecule has 2 heterocycles. The highest BCUT2D eigenvalue weighted by Crippen LogP contribution is 2.29. The summed E-state index contributed by atoms with van der Waals surface area (Å²) in [7, 11) is 2.02. The number of hydrogen-bond donors (Lipinski definition) is 1. The van der Waals surface area contributed by atoms with Crippen LogP contribution in [-0.4, -0.2) is 25.7 Å². The first-order chi connectivity index (χ1) is 9.15. The maximum atomic E-state index is 4.48. The molecule has 0 aliphatic heterocycles. The molecule has 5 nitrogen and oxygen atoms in total. The SMILES string of the molecule is CCCNC(c1snnc1C(C)C)c1nccn1C. The van der Waals surface area contributed by atoms with Crippen molar-refractivity contribution in [1.82, 2.24) is 24.5 Å². The fourth-order valence-corrected chi connectivity index (χ4v) is 2.93. The molecule has 0 aromatic carbocycles. The van der Waals surface area contributed by atoms with Crippen molar-refractivity contribution in [2.24, 2.45) is 7.05 Å². The molecule has 0 saturated heterocycles. The van der Waals surface area contributed by atoms with Crippen LogP contribution in [0.3, 0.4) is 0 Å². The molecule has 0 aliphatic carbocycles. The molecule has 0 amide bonds. The second kappa shape index (κ2) is 6.25. The molecule has 6 heteroatoms. The topological polar surface area (TPSA) is 55.6 Å². The molecule has 2 rings (SSSR count). The van der Waals surface area contributed by atoms with E-state index in [0.717, 1.165) is 24.5 Å². The fraction of sp³-hybridized carbons (Fsp3) is 0.615. The van der Waals surface area contributed by atoms with Crippen LogP contribution < -0.4 is 5.32 Å². The van der Waals surface area contributed by atoms with Crippen LogP contribution in [0, 0.1) is 0 Å². The average molecular weight is 279 g/mol. The van der Waals surface area contributed by atoms with Gasteiger partial charge in [0.25, 0.3) is 0 Å². The van der Waals surface area contributed by atoms with Gasteiger partial charge in [0.05, 0.1) is 10.6 Å². The van der Waals surface area contributed by atoms with Gasteiger partial charge in [-0.2, -0.15) is 0 Å². The second-order valence-corrected chi connectivity index (χ2v) is 5.75. The summed E-state index contributed by atoms with van der Waals surface area (Å²) in [5.41, 5.74) is 1.07. The van der Waals surface area contributed by atoms with E-state index in [-0.39, 0.29) is 6.04 Å². The van der Waals surface area contributed by atoms with Gasteiger partial charge in [-0.1, -0.05) is 25.3 Å². The van der Waals surface area contributed by atoms with Gasteiger partial charge in [0.15, 0.2) is 0 Å². The number of aryl methyl sites for hydroxylation is 1. The predicted octanol–water partition coefficient (Wildman–Crippen LogP) is 2.48. The zero-order valence-electron chi connectivity index (χ0n) is 11.9. The van der Waals surface area contributed by atoms with Crippen LogP contribution >= 0.6 is 11.5 Å². The molecule has 0 radical (unpaired) electrons. The summed E-state index contributed by atoms with van der Waals surface area (Å²) in [5.74, 6) is 1.39. The van der Waals surface area contributed by atoms with Crippen LogP contribution in [0.4, 0.5) is 0 Å². The highest BCUT2D eigenvalue weighted by atomic mass is 32.1. The molecular formula is C13H21N5S. The van der Waals surface area contributed by atoms with Crippen molar-refractivity contribution in [3.63, 3.8) is 0 Å². The Hall–Kier alpha value is -1.27. The Morgan fingerprint density at radius 2 is 2.21 bits per heavy atom. The molecule has 2 aromatic heterocycles. The van der Waals surface area contributed by atoms with E-state index in [1.807, 2.05) is 19.4 Å². The molecule has 0 saturated carbocycles. The van der Waals surface area contributed by atoms with E-state index in [9.17, 15) is 0 Å². The van der Waals surface area contributed by atoms with Crippen molar-refractivity contribution >= 4 is 11.5 Å². The minimum Gasteiger partial charge on any atom is -0.336 e. The molecule has 0 aliphatic rings. The van der Waals surface area contributed by atoms with Gasteiger partial charge in [-0.3, -0.25) is 0 Å². The summed E-state index contributed by atoms with van der Waals surface area (Å²) in [6.45, 7) is 7.41. The Bertz CT molecular complexity index is 517. The van der Waals surface area contributed by atoms with E-state index in [4.69, 9.17) is 0 Å². The van der Waals surface area contributed by atoms with Gasteiger partial charge in [0.2, 0.25) is 0 Å². The van der Waals surface area contributed by atoms with Gasteiger partial charge in [0.1, 0.15) is 11.9 Å². The van der Waals surface area contributed by atoms with Crippen LogP contribution in [-0.2, 0) is 7.05 Å². The molecule has 0 fully saturated rings. The van der Waals surface area contributed by atoms with Crippen LogP contribution in [0.15, 0.2) is 12.4 Å². The van der Waals surface area contributed by atoms with Gasteiger partial charge in [-0.05, 0) is 30.4 Å². The Balaban J connectivity index is 2.37. The monoisotopic (exact) mass is 279 g/mol. The smallest absolute Gasteiger partial charge is 0.131 e. The molecular weight excluding hydrogens is 258 g/mol. The first kappa shape index (κ1) is 14.1. The lowest BCUT2D eigenvalue weighted by Gasteiger charge is -2.18. The van der Waals surface area contributed by atoms with E-state index >= 15 is 0 Å². The standard InChI is InChI=1S/C13H21N5S/c1-5-6-14-11(13-15-7-8-18(13)4)12-10(9(2)3)16-17-19-12/h7-9,11,14H,5-6H2,1-4H3. The molecule has 19 heavy (non-hydrogen) atoms. The number of imidazole rings is 1. The summed E-state index contributed by atoms with van der Waals surface area (Å²) in [6.07, 6.45) is 4.89. The minimum absolute atomic E-state index is 0.0809. The van der Waals surface area contributed by atoms with E-state index in [1.165, 1.54) is 16.4 Å². The number of nitrogens with zero attached hydrogens (tertiary/aromatic N) is 4. The third-order valence-electron chi connectivity index (χ3n) is 3.06. The molecule has 104 valence electrons. The number of nitrogens with one attached hydrogen (secondary N) is 1. The van der Waals surface area contributed by atoms with Crippen molar-refractivity contribution in [1.29, 1.82) is 0 Å². The average Bonchev–Trinajstić information content (AvgIpc) is 3.00. The normalized spacial score (nSPS) is 13.1. The quantitative estimate of drug-likeness (QED) is 0.882. The summed E-state index contributed by atoms with van der Waals surface area (Å²) < 4.78 is 6.18. The van der Waals surface area contributed by atoms with Crippen molar-refractivity contribution in [3.05, 3.63) is 28.8 Å². The molecule has 2 aromatic rings. The Morgan fingerprint density at radius 1 is 1.42 bits per heavy atom. The number of rotatable bonds is 6. The van der Waals surface area contributed by atoms with Crippen LogP contribution in [0.1, 0.15) is 55.5 Å². The van der Waals surface area contributed by atoms with Crippen LogP contribution in [0.25, 0.3) is 0 Å². The fourth-order valence-electron chi connectivity index (χ4n) is 2.05. The summed E-state index contributed by atoms with van der Waals surface area (Å²) in [4.78, 5) is 5.66. The highest BCUT2D eigenvalue weighted by molar-refractivity contribution is 7.05. The molecule has 0 bridgehead atoms. The van der Waals surface area contributed by atoms with Gasteiger partial charge in [-0.25, -0.2) is 4.98 Å². The van der Waals surface area contributed by atoms with Crippen molar-refractivity contribution < 1.29 is 0 Å². The highest BCUT2D eigenvalue weighted by Gasteiger charge is 2.24. The van der Waals surface area contributed by atoms with Gasteiger partial charge >= 0.3 is 0 Å². The maximum absolute atomic E-state index is 4.48. The van der Waals surface area contributed by atoms with E-state index < -0.39 is 0 Å². The third-order valence-corrected chi connectivity index (χ3v) is 3.87. The molecule has 1 N–H and O–H groups in total. The third kappa shape index (κ3) is 3.01. The van der Waals surface area contributed by atoms with Gasteiger partial charge in [0, 0.05) is 19.4 Å². The lowest BCUT2D eigenvalue weighted by atomic mass is 10.1. The largest absolute Gasteiger partial charge is 0.336 e. The number of hydrogen-bond acceptors (Lipinski definition) is 5. The first-order valence-electron chi connectivity index (χ1n) is 6.67. The van der Waals surface area contributed by atoms with Crippen molar-refractivity contribution in [2.75, 3.05) is 6.54 Å². The molecule has 0 spiro atoms. The molecule has 1 atom stereocenters. The Morgan fingerprint density at radius 3 is 2.79 bits per heavy atom. The summed E-state index contributed by atoms with van der Waals surface area (Å²) in [5, 5.41) is 7.83. The second-order valence-electron chi connectivity index (χ2n) is 4.96. The van der Waals surface area contributed by atoms with Crippen molar-refractivity contribution in [2.45, 2.75) is 39.2 Å². The summed E-state index contributed by atoms with van der Waals surface area (Å²) in [6, 6.07) is 0.0809. The maximum Gasteiger partial charge on any atom is 0.131 e. The van der Waals surface area contributed by atoms with Gasteiger partial charge in [-0.15, -0.1) is 5.10 Å². The lowest BCUT2D eigenvalue weighted by Crippen LogP contribution is -2.26. The van der Waals surface area contributed by atoms with E-state index in [2.05, 4.69) is 45.2 Å². The molecule has 1 unspecified atom stereocenters. The predicted molar refractivity (Wildman–Crippen MR) is 77.3 cm³/mol. The lowest BCUT2D eigenvalue weighted by molar-refractivity contribution is 0.555. The summed E-state index contributed by atoms with van der Waals surface area (Å²) >= 11 is 1.47. The van der Waals surface area contributed by atoms with Gasteiger partial charge < -0.3 is 9.88 Å².